The van der Waals surface area contributed by atoms with Gasteiger partial charge in [-0.25, -0.2) is 0 Å². The maximum Gasteiger partial charge on any atom is 0.0471 e. The number of halogens is 1. The summed E-state index contributed by atoms with van der Waals surface area (Å²) in [6.07, 6.45) is 9.81. The highest BCUT2D eigenvalue weighted by Gasteiger charge is 2.00. The number of nitrogens with zero attached hydrogens (tertiary/aromatic N) is 1. The molecule has 0 aliphatic heterocycles. The fraction of sp³-hybridized carbons (Fsp3) is 0. The molecule has 0 bridgehead atoms. The Morgan fingerprint density at radius 1 is 1.17 bits per heavy atom. The number of rotatable bonds is 2. The molecule has 0 fully saturated rings. The van der Waals surface area contributed by atoms with Gasteiger partial charge < -0.3 is 4.98 Å². The maximum absolute atomic E-state index is 4.09. The molecule has 0 unspecified atom stereocenters. The summed E-state index contributed by atoms with van der Waals surface area (Å²) in [6, 6.07) is 10.2. The molecule has 1 N–H and O–H groups in total. The second-order valence-electron chi connectivity index (χ2n) is 4.05. The second kappa shape index (κ2) is 4.78. The van der Waals surface area contributed by atoms with Crippen LogP contribution in [0, 0.1) is 0 Å². The maximum atomic E-state index is 4.09. The van der Waals surface area contributed by atoms with Crippen molar-refractivity contribution in [3.63, 3.8) is 0 Å². The summed E-state index contributed by atoms with van der Waals surface area (Å²) in [5, 5.41) is 1.22. The number of fused-ring (bicyclic) bond motifs is 1. The van der Waals surface area contributed by atoms with Crippen LogP contribution in [0.1, 0.15) is 11.1 Å². The molecule has 88 valence electrons. The zero-order chi connectivity index (χ0) is 12.4. The van der Waals surface area contributed by atoms with Crippen LogP contribution in [-0.4, -0.2) is 9.97 Å². The Kier molecular flexibility index (Phi) is 2.99. The molecule has 0 aliphatic carbocycles. The monoisotopic (exact) mass is 298 g/mol. The molecule has 3 rings (SSSR count). The van der Waals surface area contributed by atoms with E-state index in [1.807, 2.05) is 24.5 Å². The SMILES string of the molecule is Brc1ccc2c(/C=C/c3cccnc3)c[nH]c2c1. The third-order valence-corrected chi connectivity index (χ3v) is 3.31. The van der Waals surface area contributed by atoms with Crippen molar-refractivity contribution in [2.45, 2.75) is 0 Å². The van der Waals surface area contributed by atoms with E-state index in [1.54, 1.807) is 6.20 Å². The number of benzene rings is 1. The van der Waals surface area contributed by atoms with Gasteiger partial charge in [0.2, 0.25) is 0 Å². The van der Waals surface area contributed by atoms with Crippen molar-refractivity contribution >= 4 is 39.0 Å². The van der Waals surface area contributed by atoms with Gasteiger partial charge in [0.15, 0.2) is 0 Å². The Balaban J connectivity index is 1.98. The first kappa shape index (κ1) is 11.2. The highest BCUT2D eigenvalue weighted by Crippen LogP contribution is 2.23. The van der Waals surface area contributed by atoms with Gasteiger partial charge in [-0.1, -0.05) is 40.2 Å². The molecule has 0 saturated carbocycles. The molecule has 3 aromatic rings. The lowest BCUT2D eigenvalue weighted by molar-refractivity contribution is 1.32. The quantitative estimate of drug-likeness (QED) is 0.741. The van der Waals surface area contributed by atoms with Crippen molar-refractivity contribution in [2.75, 3.05) is 0 Å². The predicted molar refractivity (Wildman–Crippen MR) is 79.2 cm³/mol. The first-order valence-electron chi connectivity index (χ1n) is 5.68. The van der Waals surface area contributed by atoms with Gasteiger partial charge >= 0.3 is 0 Å². The Labute approximate surface area is 114 Å². The lowest BCUT2D eigenvalue weighted by atomic mass is 10.1. The van der Waals surface area contributed by atoms with Gasteiger partial charge in [0.1, 0.15) is 0 Å². The van der Waals surface area contributed by atoms with Crippen LogP contribution < -0.4 is 0 Å². The summed E-state index contributed by atoms with van der Waals surface area (Å²) in [7, 11) is 0. The van der Waals surface area contributed by atoms with Crippen LogP contribution in [0.2, 0.25) is 0 Å². The average molecular weight is 299 g/mol. The summed E-state index contributed by atoms with van der Waals surface area (Å²) in [5.74, 6) is 0. The van der Waals surface area contributed by atoms with E-state index in [9.17, 15) is 0 Å². The molecule has 3 heteroatoms. The molecule has 0 atom stereocenters. The molecule has 2 nitrogen and oxygen atoms in total. The van der Waals surface area contributed by atoms with Crippen molar-refractivity contribution < 1.29 is 0 Å². The summed E-state index contributed by atoms with van der Waals surface area (Å²) in [5.41, 5.74) is 3.42. The molecule has 18 heavy (non-hydrogen) atoms. The van der Waals surface area contributed by atoms with E-state index in [4.69, 9.17) is 0 Å². The van der Waals surface area contributed by atoms with E-state index >= 15 is 0 Å². The van der Waals surface area contributed by atoms with Gasteiger partial charge in [-0.05, 0) is 29.3 Å². The molecule has 2 aromatic heterocycles. The van der Waals surface area contributed by atoms with Crippen LogP contribution in [0.25, 0.3) is 23.1 Å². The normalized spacial score (nSPS) is 11.4. The largest absolute Gasteiger partial charge is 0.361 e. The van der Waals surface area contributed by atoms with Crippen molar-refractivity contribution in [3.8, 4) is 0 Å². The van der Waals surface area contributed by atoms with Crippen molar-refractivity contribution in [2.24, 2.45) is 0 Å². The van der Waals surface area contributed by atoms with E-state index < -0.39 is 0 Å². The van der Waals surface area contributed by atoms with Gasteiger partial charge in [0.05, 0.1) is 0 Å². The molecule has 0 saturated heterocycles. The van der Waals surface area contributed by atoms with Gasteiger partial charge in [0.25, 0.3) is 0 Å². The molecular weight excluding hydrogens is 288 g/mol. The van der Waals surface area contributed by atoms with E-state index in [1.165, 1.54) is 10.9 Å². The van der Waals surface area contributed by atoms with Crippen LogP contribution in [0.3, 0.4) is 0 Å². The number of aromatic amines is 1. The Bertz CT molecular complexity index is 699. The second-order valence-corrected chi connectivity index (χ2v) is 4.97. The highest BCUT2D eigenvalue weighted by molar-refractivity contribution is 9.10. The first-order chi connectivity index (χ1) is 8.83. The van der Waals surface area contributed by atoms with Crippen LogP contribution in [0.4, 0.5) is 0 Å². The molecule has 1 aromatic carbocycles. The van der Waals surface area contributed by atoms with Crippen molar-refractivity contribution in [1.82, 2.24) is 9.97 Å². The Morgan fingerprint density at radius 3 is 2.94 bits per heavy atom. The summed E-state index contributed by atoms with van der Waals surface area (Å²) >= 11 is 3.47. The van der Waals surface area contributed by atoms with Crippen LogP contribution in [0.15, 0.2) is 53.4 Å². The number of H-pyrrole nitrogens is 1. The number of hydrogen-bond donors (Lipinski definition) is 1. The fourth-order valence-electron chi connectivity index (χ4n) is 1.92. The van der Waals surface area contributed by atoms with Crippen LogP contribution >= 0.6 is 15.9 Å². The molecule has 0 radical (unpaired) electrons. The number of aromatic nitrogens is 2. The van der Waals surface area contributed by atoms with E-state index in [0.29, 0.717) is 0 Å². The first-order valence-corrected chi connectivity index (χ1v) is 6.47. The van der Waals surface area contributed by atoms with Crippen LogP contribution in [-0.2, 0) is 0 Å². The number of nitrogens with one attached hydrogen (secondary N) is 1. The van der Waals surface area contributed by atoms with Gasteiger partial charge in [-0.3, -0.25) is 4.98 Å². The Morgan fingerprint density at radius 2 is 2.11 bits per heavy atom. The number of pyridine rings is 1. The van der Waals surface area contributed by atoms with E-state index in [2.05, 4.69) is 56.2 Å². The molecule has 0 spiro atoms. The Hall–Kier alpha value is -1.87. The van der Waals surface area contributed by atoms with Crippen molar-refractivity contribution in [1.29, 1.82) is 0 Å². The third kappa shape index (κ3) is 2.22. The van der Waals surface area contributed by atoms with E-state index in [-0.39, 0.29) is 0 Å². The summed E-state index contributed by atoms with van der Waals surface area (Å²) < 4.78 is 1.08. The van der Waals surface area contributed by atoms with Gasteiger partial charge in [0, 0.05) is 34.0 Å². The minimum Gasteiger partial charge on any atom is -0.361 e. The fourth-order valence-corrected chi connectivity index (χ4v) is 2.28. The number of hydrogen-bond acceptors (Lipinski definition) is 1. The standard InChI is InChI=1S/C15H11BrN2/c16-13-5-6-14-12(10-18-15(14)8-13)4-3-11-2-1-7-17-9-11/h1-10,18H/b4-3+. The van der Waals surface area contributed by atoms with Crippen LogP contribution in [0.5, 0.6) is 0 Å². The topological polar surface area (TPSA) is 28.7 Å². The molecule has 0 amide bonds. The zero-order valence-corrected chi connectivity index (χ0v) is 11.2. The lowest BCUT2D eigenvalue weighted by Crippen LogP contribution is -1.73. The minimum atomic E-state index is 1.08. The smallest absolute Gasteiger partial charge is 0.0471 e. The third-order valence-electron chi connectivity index (χ3n) is 2.82. The highest BCUT2D eigenvalue weighted by atomic mass is 79.9. The lowest BCUT2D eigenvalue weighted by Gasteiger charge is -1.94. The summed E-state index contributed by atoms with van der Waals surface area (Å²) in [4.78, 5) is 7.36. The summed E-state index contributed by atoms with van der Waals surface area (Å²) in [6.45, 7) is 0. The minimum absolute atomic E-state index is 1.08. The zero-order valence-electron chi connectivity index (χ0n) is 9.60. The molecule has 0 aliphatic rings. The molecular formula is C15H11BrN2. The van der Waals surface area contributed by atoms with E-state index in [0.717, 1.165) is 15.6 Å². The van der Waals surface area contributed by atoms with Gasteiger partial charge in [-0.2, -0.15) is 0 Å². The average Bonchev–Trinajstić information content (AvgIpc) is 2.80. The van der Waals surface area contributed by atoms with Crippen molar-refractivity contribution in [3.05, 3.63) is 64.5 Å². The predicted octanol–water partition coefficient (Wildman–Crippen LogP) is 4.50. The van der Waals surface area contributed by atoms with Gasteiger partial charge in [-0.15, -0.1) is 0 Å². The molecule has 2 heterocycles.